The fraction of sp³-hybridized carbons (Fsp3) is 0.462. The molecule has 1 aromatic carbocycles. The lowest BCUT2D eigenvalue weighted by Crippen LogP contribution is -2.37. The van der Waals surface area contributed by atoms with E-state index >= 15 is 0 Å². The Kier molecular flexibility index (Phi) is 4.79. The molecule has 0 bridgehead atoms. The summed E-state index contributed by atoms with van der Waals surface area (Å²) in [5.74, 6) is -0.889. The Hall–Kier alpha value is -1.11. The molecular formula is C13H17BrN2O3. The first-order valence-corrected chi connectivity index (χ1v) is 6.96. The van der Waals surface area contributed by atoms with Gasteiger partial charge >= 0.3 is 5.97 Å². The topological polar surface area (TPSA) is 75.8 Å². The first-order chi connectivity index (χ1) is 9.08. The SMILES string of the molecule is NC(CC(=O)O)c1cc(Br)ccc1N1CCOCC1. The highest BCUT2D eigenvalue weighted by Crippen LogP contribution is 2.30. The number of ether oxygens (including phenoxy) is 1. The summed E-state index contributed by atoms with van der Waals surface area (Å²) >= 11 is 3.41. The van der Waals surface area contributed by atoms with E-state index in [0.717, 1.165) is 28.8 Å². The van der Waals surface area contributed by atoms with Crippen molar-refractivity contribution in [3.63, 3.8) is 0 Å². The third-order valence-corrected chi connectivity index (χ3v) is 3.63. The zero-order valence-electron chi connectivity index (χ0n) is 10.5. The van der Waals surface area contributed by atoms with Gasteiger partial charge in [-0.15, -0.1) is 0 Å². The monoisotopic (exact) mass is 328 g/mol. The first-order valence-electron chi connectivity index (χ1n) is 6.17. The van der Waals surface area contributed by atoms with E-state index in [4.69, 9.17) is 15.6 Å². The molecule has 0 saturated carbocycles. The lowest BCUT2D eigenvalue weighted by Gasteiger charge is -2.31. The Bertz CT molecular complexity index is 461. The molecule has 19 heavy (non-hydrogen) atoms. The maximum atomic E-state index is 10.8. The van der Waals surface area contributed by atoms with Crippen LogP contribution in [-0.2, 0) is 9.53 Å². The van der Waals surface area contributed by atoms with Crippen molar-refractivity contribution in [1.82, 2.24) is 0 Å². The number of aliphatic carboxylic acids is 1. The Morgan fingerprint density at radius 1 is 1.47 bits per heavy atom. The molecule has 1 saturated heterocycles. The largest absolute Gasteiger partial charge is 0.481 e. The van der Waals surface area contributed by atoms with E-state index < -0.39 is 12.0 Å². The Morgan fingerprint density at radius 2 is 2.16 bits per heavy atom. The quantitative estimate of drug-likeness (QED) is 0.880. The van der Waals surface area contributed by atoms with Gasteiger partial charge in [-0.1, -0.05) is 15.9 Å². The Balaban J connectivity index is 2.28. The number of halogens is 1. The van der Waals surface area contributed by atoms with Gasteiger partial charge in [-0.05, 0) is 23.8 Å². The molecule has 1 aliphatic heterocycles. The highest BCUT2D eigenvalue weighted by atomic mass is 79.9. The summed E-state index contributed by atoms with van der Waals surface area (Å²) in [6.45, 7) is 2.97. The number of carboxylic acid groups (broad SMARTS) is 1. The lowest BCUT2D eigenvalue weighted by molar-refractivity contribution is -0.137. The van der Waals surface area contributed by atoms with E-state index in [-0.39, 0.29) is 6.42 Å². The molecule has 1 atom stereocenters. The lowest BCUT2D eigenvalue weighted by atomic mass is 10.0. The molecule has 0 spiro atoms. The predicted octanol–water partition coefficient (Wildman–Crippen LogP) is 1.76. The summed E-state index contributed by atoms with van der Waals surface area (Å²) in [6, 6.07) is 5.32. The summed E-state index contributed by atoms with van der Waals surface area (Å²) < 4.78 is 6.24. The van der Waals surface area contributed by atoms with Crippen LogP contribution in [0.2, 0.25) is 0 Å². The van der Waals surface area contributed by atoms with Gasteiger partial charge < -0.3 is 20.5 Å². The van der Waals surface area contributed by atoms with Crippen LogP contribution in [0.15, 0.2) is 22.7 Å². The number of nitrogens with zero attached hydrogens (tertiary/aromatic N) is 1. The van der Waals surface area contributed by atoms with Crippen molar-refractivity contribution in [2.24, 2.45) is 5.73 Å². The average Bonchev–Trinajstić information content (AvgIpc) is 2.39. The molecule has 0 radical (unpaired) electrons. The molecule has 0 amide bonds. The van der Waals surface area contributed by atoms with Gasteiger partial charge in [0.2, 0.25) is 0 Å². The molecule has 0 aliphatic carbocycles. The molecule has 1 aliphatic rings. The van der Waals surface area contributed by atoms with Gasteiger partial charge in [-0.2, -0.15) is 0 Å². The zero-order chi connectivity index (χ0) is 13.8. The maximum Gasteiger partial charge on any atom is 0.305 e. The molecule has 1 fully saturated rings. The van der Waals surface area contributed by atoms with E-state index in [1.54, 1.807) is 0 Å². The fourth-order valence-electron chi connectivity index (χ4n) is 2.21. The van der Waals surface area contributed by atoms with E-state index in [0.29, 0.717) is 13.2 Å². The van der Waals surface area contributed by atoms with Crippen molar-refractivity contribution >= 4 is 27.6 Å². The van der Waals surface area contributed by atoms with Gasteiger partial charge in [-0.25, -0.2) is 0 Å². The second-order valence-corrected chi connectivity index (χ2v) is 5.42. The van der Waals surface area contributed by atoms with Crippen LogP contribution >= 0.6 is 15.9 Å². The number of benzene rings is 1. The number of nitrogens with two attached hydrogens (primary N) is 1. The van der Waals surface area contributed by atoms with Crippen molar-refractivity contribution in [1.29, 1.82) is 0 Å². The summed E-state index contributed by atoms with van der Waals surface area (Å²) in [6.07, 6.45) is -0.0756. The first kappa shape index (κ1) is 14.3. The third-order valence-electron chi connectivity index (χ3n) is 3.14. The smallest absolute Gasteiger partial charge is 0.305 e. The number of morpholine rings is 1. The second kappa shape index (κ2) is 6.36. The minimum atomic E-state index is -0.889. The molecule has 3 N–H and O–H groups in total. The van der Waals surface area contributed by atoms with Crippen LogP contribution in [-0.4, -0.2) is 37.4 Å². The van der Waals surface area contributed by atoms with Crippen LogP contribution in [0.3, 0.4) is 0 Å². The fourth-order valence-corrected chi connectivity index (χ4v) is 2.59. The molecular weight excluding hydrogens is 312 g/mol. The number of carboxylic acids is 1. The normalized spacial score (nSPS) is 17.3. The molecule has 0 aromatic heterocycles. The molecule has 6 heteroatoms. The number of hydrogen-bond donors (Lipinski definition) is 2. The molecule has 1 unspecified atom stereocenters. The second-order valence-electron chi connectivity index (χ2n) is 4.51. The van der Waals surface area contributed by atoms with Crippen molar-refractivity contribution < 1.29 is 14.6 Å². The summed E-state index contributed by atoms with van der Waals surface area (Å²) in [7, 11) is 0. The predicted molar refractivity (Wildman–Crippen MR) is 76.4 cm³/mol. The highest BCUT2D eigenvalue weighted by molar-refractivity contribution is 9.10. The average molecular weight is 329 g/mol. The molecule has 5 nitrogen and oxygen atoms in total. The molecule has 1 aromatic rings. The van der Waals surface area contributed by atoms with Crippen LogP contribution < -0.4 is 10.6 Å². The molecule has 2 rings (SSSR count). The molecule has 104 valence electrons. The van der Waals surface area contributed by atoms with E-state index in [9.17, 15) is 4.79 Å². The minimum absolute atomic E-state index is 0.0756. The van der Waals surface area contributed by atoms with Crippen molar-refractivity contribution in [2.45, 2.75) is 12.5 Å². The summed E-state index contributed by atoms with van der Waals surface area (Å²) in [4.78, 5) is 13.0. The number of anilines is 1. The summed E-state index contributed by atoms with van der Waals surface area (Å²) in [5, 5.41) is 8.89. The van der Waals surface area contributed by atoms with Crippen molar-refractivity contribution in [3.8, 4) is 0 Å². The van der Waals surface area contributed by atoms with E-state index in [2.05, 4.69) is 20.8 Å². The van der Waals surface area contributed by atoms with Crippen LogP contribution in [0.25, 0.3) is 0 Å². The minimum Gasteiger partial charge on any atom is -0.481 e. The van der Waals surface area contributed by atoms with Crippen LogP contribution in [0.1, 0.15) is 18.0 Å². The van der Waals surface area contributed by atoms with Crippen LogP contribution in [0.4, 0.5) is 5.69 Å². The van der Waals surface area contributed by atoms with E-state index in [1.807, 2.05) is 18.2 Å². The number of carbonyl (C=O) groups is 1. The standard InChI is InChI=1S/C13H17BrN2O3/c14-9-1-2-12(16-3-5-19-6-4-16)10(7-9)11(15)8-13(17)18/h1-2,7,11H,3-6,8,15H2,(H,17,18). The van der Waals surface area contributed by atoms with E-state index in [1.165, 1.54) is 0 Å². The number of hydrogen-bond acceptors (Lipinski definition) is 4. The zero-order valence-corrected chi connectivity index (χ0v) is 12.1. The van der Waals surface area contributed by atoms with Gasteiger partial charge in [0, 0.05) is 29.3 Å². The van der Waals surface area contributed by atoms with Gasteiger partial charge in [-0.3, -0.25) is 4.79 Å². The Morgan fingerprint density at radius 3 is 2.79 bits per heavy atom. The summed E-state index contributed by atoms with van der Waals surface area (Å²) in [5.41, 5.74) is 7.87. The van der Waals surface area contributed by atoms with Crippen molar-refractivity contribution in [2.75, 3.05) is 31.2 Å². The van der Waals surface area contributed by atoms with Gasteiger partial charge in [0.15, 0.2) is 0 Å². The highest BCUT2D eigenvalue weighted by Gasteiger charge is 2.20. The van der Waals surface area contributed by atoms with Crippen molar-refractivity contribution in [3.05, 3.63) is 28.2 Å². The molecule has 1 heterocycles. The van der Waals surface area contributed by atoms with Gasteiger partial charge in [0.05, 0.1) is 19.6 Å². The van der Waals surface area contributed by atoms with Crippen LogP contribution in [0, 0.1) is 0 Å². The van der Waals surface area contributed by atoms with Crippen LogP contribution in [0.5, 0.6) is 0 Å². The number of rotatable bonds is 4. The maximum absolute atomic E-state index is 10.8. The van der Waals surface area contributed by atoms with Gasteiger partial charge in [0.1, 0.15) is 0 Å². The van der Waals surface area contributed by atoms with Gasteiger partial charge in [0.25, 0.3) is 0 Å². The Labute approximate surface area is 120 Å². The third kappa shape index (κ3) is 3.68.